The molecule has 1 aromatic rings. The van der Waals surface area contributed by atoms with E-state index in [9.17, 15) is 0 Å². The standard InChI is InChI=1S/C17H29N3/c1-13(2)11-16-19-14-12-18-10-7-15(14)20(16)17(3)8-5-4-6-9-17/h13,18H,4-12H2,1-3H3. The molecule has 0 saturated heterocycles. The summed E-state index contributed by atoms with van der Waals surface area (Å²) < 4.78 is 2.67. The van der Waals surface area contributed by atoms with Crippen LogP contribution in [0, 0.1) is 5.92 Å². The Balaban J connectivity index is 2.03. The Morgan fingerprint density at radius 1 is 1.25 bits per heavy atom. The number of hydrogen-bond acceptors (Lipinski definition) is 2. The largest absolute Gasteiger partial charge is 0.326 e. The average Bonchev–Trinajstić information content (AvgIpc) is 2.77. The van der Waals surface area contributed by atoms with E-state index in [1.165, 1.54) is 49.3 Å². The summed E-state index contributed by atoms with van der Waals surface area (Å²) in [4.78, 5) is 5.01. The van der Waals surface area contributed by atoms with Crippen LogP contribution in [0.25, 0.3) is 0 Å². The van der Waals surface area contributed by atoms with Crippen LogP contribution >= 0.6 is 0 Å². The summed E-state index contributed by atoms with van der Waals surface area (Å²) in [5, 5.41) is 3.47. The summed E-state index contributed by atoms with van der Waals surface area (Å²) in [5.41, 5.74) is 3.17. The number of imidazole rings is 1. The van der Waals surface area contributed by atoms with E-state index in [4.69, 9.17) is 4.98 Å². The van der Waals surface area contributed by atoms with Gasteiger partial charge in [0.1, 0.15) is 5.82 Å². The molecular weight excluding hydrogens is 246 g/mol. The Hall–Kier alpha value is -0.830. The number of fused-ring (bicyclic) bond motifs is 1. The molecule has 2 aliphatic rings. The first-order chi connectivity index (χ1) is 9.60. The number of rotatable bonds is 3. The fraction of sp³-hybridized carbons (Fsp3) is 0.824. The molecule has 3 heteroatoms. The molecule has 0 aromatic carbocycles. The van der Waals surface area contributed by atoms with Gasteiger partial charge >= 0.3 is 0 Å². The monoisotopic (exact) mass is 275 g/mol. The van der Waals surface area contributed by atoms with E-state index < -0.39 is 0 Å². The zero-order valence-corrected chi connectivity index (χ0v) is 13.3. The van der Waals surface area contributed by atoms with Crippen molar-refractivity contribution in [3.63, 3.8) is 0 Å². The molecule has 1 aliphatic carbocycles. The molecule has 0 spiro atoms. The molecule has 0 atom stereocenters. The molecule has 1 N–H and O–H groups in total. The van der Waals surface area contributed by atoms with E-state index in [0.29, 0.717) is 11.5 Å². The second-order valence-electron chi connectivity index (χ2n) is 7.34. The average molecular weight is 275 g/mol. The lowest BCUT2D eigenvalue weighted by atomic mass is 9.82. The highest BCUT2D eigenvalue weighted by atomic mass is 15.2. The third-order valence-corrected chi connectivity index (χ3v) is 5.02. The zero-order valence-electron chi connectivity index (χ0n) is 13.3. The Kier molecular flexibility index (Phi) is 3.89. The Morgan fingerprint density at radius 3 is 2.70 bits per heavy atom. The molecule has 3 nitrogen and oxygen atoms in total. The maximum atomic E-state index is 5.01. The van der Waals surface area contributed by atoms with E-state index in [-0.39, 0.29) is 0 Å². The van der Waals surface area contributed by atoms with Crippen molar-refractivity contribution >= 4 is 0 Å². The van der Waals surface area contributed by atoms with Crippen molar-refractivity contribution in [1.29, 1.82) is 0 Å². The molecule has 2 heterocycles. The molecule has 0 bridgehead atoms. The van der Waals surface area contributed by atoms with Crippen LogP contribution in [0.1, 0.15) is 70.1 Å². The summed E-state index contributed by atoms with van der Waals surface area (Å²) in [6.45, 7) is 9.15. The fourth-order valence-corrected chi connectivity index (χ4v) is 4.04. The fourth-order valence-electron chi connectivity index (χ4n) is 4.04. The predicted octanol–water partition coefficient (Wildman–Crippen LogP) is 3.41. The molecule has 1 aliphatic heterocycles. The van der Waals surface area contributed by atoms with E-state index >= 15 is 0 Å². The first-order valence-corrected chi connectivity index (χ1v) is 8.41. The van der Waals surface area contributed by atoms with Crippen molar-refractivity contribution in [2.24, 2.45) is 5.92 Å². The number of nitrogens with zero attached hydrogens (tertiary/aromatic N) is 2. The van der Waals surface area contributed by atoms with Crippen molar-refractivity contribution in [1.82, 2.24) is 14.9 Å². The molecular formula is C17H29N3. The topological polar surface area (TPSA) is 29.9 Å². The minimum absolute atomic E-state index is 0.320. The van der Waals surface area contributed by atoms with Gasteiger partial charge < -0.3 is 9.88 Å². The van der Waals surface area contributed by atoms with Crippen LogP contribution in [-0.4, -0.2) is 16.1 Å². The lowest BCUT2D eigenvalue weighted by molar-refractivity contribution is 0.205. The molecule has 1 saturated carbocycles. The van der Waals surface area contributed by atoms with E-state index in [2.05, 4.69) is 30.7 Å². The van der Waals surface area contributed by atoms with Gasteiger partial charge in [0, 0.05) is 37.2 Å². The quantitative estimate of drug-likeness (QED) is 0.916. The third-order valence-electron chi connectivity index (χ3n) is 5.02. The minimum Gasteiger partial charge on any atom is -0.326 e. The Labute approximate surface area is 123 Å². The summed E-state index contributed by atoms with van der Waals surface area (Å²) >= 11 is 0. The first-order valence-electron chi connectivity index (χ1n) is 8.41. The molecule has 0 radical (unpaired) electrons. The lowest BCUT2D eigenvalue weighted by Gasteiger charge is -2.38. The number of aromatic nitrogens is 2. The van der Waals surface area contributed by atoms with Gasteiger partial charge in [-0.05, 0) is 25.7 Å². The van der Waals surface area contributed by atoms with Gasteiger partial charge in [-0.2, -0.15) is 0 Å². The summed E-state index contributed by atoms with van der Waals surface area (Å²) in [6.07, 6.45) is 9.08. The second kappa shape index (κ2) is 5.51. The third kappa shape index (κ3) is 2.52. The molecule has 3 rings (SSSR count). The maximum absolute atomic E-state index is 5.01. The van der Waals surface area contributed by atoms with Gasteiger partial charge in [0.25, 0.3) is 0 Å². The van der Waals surface area contributed by atoms with Gasteiger partial charge in [-0.25, -0.2) is 4.98 Å². The number of nitrogens with one attached hydrogen (secondary N) is 1. The van der Waals surface area contributed by atoms with Crippen molar-refractivity contribution in [3.8, 4) is 0 Å². The van der Waals surface area contributed by atoms with Crippen molar-refractivity contribution in [3.05, 3.63) is 17.2 Å². The molecule has 1 aromatic heterocycles. The van der Waals surface area contributed by atoms with Crippen LogP contribution in [0.5, 0.6) is 0 Å². The van der Waals surface area contributed by atoms with Crippen LogP contribution in [0.4, 0.5) is 0 Å². The summed E-state index contributed by atoms with van der Waals surface area (Å²) in [5.74, 6) is 2.02. The Bertz CT molecular complexity index is 467. The van der Waals surface area contributed by atoms with Gasteiger partial charge in [-0.3, -0.25) is 0 Å². The van der Waals surface area contributed by atoms with Crippen molar-refractivity contribution in [2.75, 3.05) is 6.54 Å². The normalized spacial score (nSPS) is 22.0. The SMILES string of the molecule is CC(C)Cc1nc2c(n1C1(C)CCCCC1)CCNC2. The van der Waals surface area contributed by atoms with Gasteiger partial charge in [0.05, 0.1) is 5.69 Å². The molecule has 112 valence electrons. The van der Waals surface area contributed by atoms with Crippen molar-refractivity contribution < 1.29 is 0 Å². The lowest BCUT2D eigenvalue weighted by Crippen LogP contribution is -2.37. The van der Waals surface area contributed by atoms with Gasteiger partial charge in [0.2, 0.25) is 0 Å². The van der Waals surface area contributed by atoms with Crippen LogP contribution in [0.2, 0.25) is 0 Å². The minimum atomic E-state index is 0.320. The maximum Gasteiger partial charge on any atom is 0.110 e. The zero-order chi connectivity index (χ0) is 14.2. The molecule has 20 heavy (non-hydrogen) atoms. The van der Waals surface area contributed by atoms with Crippen LogP contribution < -0.4 is 5.32 Å². The van der Waals surface area contributed by atoms with E-state index in [0.717, 1.165) is 25.9 Å². The summed E-state index contributed by atoms with van der Waals surface area (Å²) in [6, 6.07) is 0. The highest BCUT2D eigenvalue weighted by Gasteiger charge is 2.34. The molecule has 0 amide bonds. The van der Waals surface area contributed by atoms with Gasteiger partial charge in [-0.15, -0.1) is 0 Å². The molecule has 0 unspecified atom stereocenters. The van der Waals surface area contributed by atoms with Gasteiger partial charge in [-0.1, -0.05) is 33.1 Å². The summed E-state index contributed by atoms with van der Waals surface area (Å²) in [7, 11) is 0. The van der Waals surface area contributed by atoms with E-state index in [1.54, 1.807) is 0 Å². The smallest absolute Gasteiger partial charge is 0.110 e. The van der Waals surface area contributed by atoms with Crippen LogP contribution in [0.15, 0.2) is 0 Å². The van der Waals surface area contributed by atoms with Crippen molar-refractivity contribution in [2.45, 2.75) is 77.8 Å². The highest BCUT2D eigenvalue weighted by molar-refractivity contribution is 5.23. The van der Waals surface area contributed by atoms with Crippen LogP contribution in [0.3, 0.4) is 0 Å². The Morgan fingerprint density at radius 2 is 2.00 bits per heavy atom. The van der Waals surface area contributed by atoms with Crippen LogP contribution in [-0.2, 0) is 24.9 Å². The second-order valence-corrected chi connectivity index (χ2v) is 7.34. The highest BCUT2D eigenvalue weighted by Crippen LogP contribution is 2.38. The van der Waals surface area contributed by atoms with E-state index in [1.807, 2.05) is 0 Å². The predicted molar refractivity (Wildman–Crippen MR) is 82.9 cm³/mol. The number of hydrogen-bond donors (Lipinski definition) is 1. The molecule has 1 fully saturated rings. The van der Waals surface area contributed by atoms with Gasteiger partial charge in [0.15, 0.2) is 0 Å². The first kappa shape index (κ1) is 14.1.